The van der Waals surface area contributed by atoms with Crippen molar-refractivity contribution in [3.63, 3.8) is 0 Å². The SMILES string of the molecule is O=C(Cc1ccccn1)NNC(=S)Nc1cccc(Br)c1. The van der Waals surface area contributed by atoms with Crippen molar-refractivity contribution in [2.75, 3.05) is 5.32 Å². The number of halogens is 1. The third-order valence-electron chi connectivity index (χ3n) is 2.47. The highest BCUT2D eigenvalue weighted by molar-refractivity contribution is 9.10. The second-order valence-electron chi connectivity index (χ2n) is 4.14. The minimum atomic E-state index is -0.216. The van der Waals surface area contributed by atoms with Crippen LogP contribution in [0.1, 0.15) is 5.69 Å². The summed E-state index contributed by atoms with van der Waals surface area (Å²) in [4.78, 5) is 15.8. The van der Waals surface area contributed by atoms with E-state index in [0.717, 1.165) is 10.2 Å². The zero-order chi connectivity index (χ0) is 15.1. The van der Waals surface area contributed by atoms with Gasteiger partial charge in [0.25, 0.3) is 0 Å². The number of hydrazine groups is 1. The summed E-state index contributed by atoms with van der Waals surface area (Å²) < 4.78 is 0.939. The highest BCUT2D eigenvalue weighted by atomic mass is 79.9. The number of anilines is 1. The molecule has 108 valence electrons. The second kappa shape index (κ2) is 7.70. The summed E-state index contributed by atoms with van der Waals surface area (Å²) in [5.41, 5.74) is 6.69. The first-order valence-electron chi connectivity index (χ1n) is 6.15. The molecule has 0 aliphatic rings. The number of nitrogens with zero attached hydrogens (tertiary/aromatic N) is 1. The van der Waals surface area contributed by atoms with E-state index in [-0.39, 0.29) is 12.3 Å². The van der Waals surface area contributed by atoms with E-state index in [2.05, 4.69) is 37.1 Å². The Hall–Kier alpha value is -1.99. The van der Waals surface area contributed by atoms with E-state index < -0.39 is 0 Å². The Labute approximate surface area is 136 Å². The molecule has 0 fully saturated rings. The van der Waals surface area contributed by atoms with E-state index >= 15 is 0 Å². The molecule has 2 aromatic rings. The highest BCUT2D eigenvalue weighted by Gasteiger charge is 2.04. The molecule has 0 aliphatic heterocycles. The number of carbonyl (C=O) groups excluding carboxylic acids is 1. The lowest BCUT2D eigenvalue weighted by Crippen LogP contribution is -2.44. The molecular weight excluding hydrogens is 352 g/mol. The number of pyridine rings is 1. The normalized spacial score (nSPS) is 9.76. The van der Waals surface area contributed by atoms with E-state index in [0.29, 0.717) is 10.8 Å². The summed E-state index contributed by atoms with van der Waals surface area (Å²) in [6, 6.07) is 13.0. The molecule has 0 spiro atoms. The van der Waals surface area contributed by atoms with E-state index in [1.165, 1.54) is 0 Å². The summed E-state index contributed by atoms with van der Waals surface area (Å²) in [6.07, 6.45) is 1.84. The number of hydrogen-bond donors (Lipinski definition) is 3. The van der Waals surface area contributed by atoms with Crippen molar-refractivity contribution in [1.82, 2.24) is 15.8 Å². The van der Waals surface area contributed by atoms with Gasteiger partial charge in [-0.15, -0.1) is 0 Å². The summed E-state index contributed by atoms with van der Waals surface area (Å²) in [6.45, 7) is 0. The van der Waals surface area contributed by atoms with Gasteiger partial charge < -0.3 is 5.32 Å². The number of carbonyl (C=O) groups is 1. The Morgan fingerprint density at radius 2 is 2.05 bits per heavy atom. The van der Waals surface area contributed by atoms with Crippen molar-refractivity contribution in [3.8, 4) is 0 Å². The van der Waals surface area contributed by atoms with Crippen LogP contribution in [-0.2, 0) is 11.2 Å². The van der Waals surface area contributed by atoms with Crippen molar-refractivity contribution in [1.29, 1.82) is 0 Å². The Morgan fingerprint density at radius 3 is 2.76 bits per heavy atom. The number of amides is 1. The van der Waals surface area contributed by atoms with Gasteiger partial charge in [-0.25, -0.2) is 0 Å². The Kier molecular flexibility index (Phi) is 5.65. The standard InChI is InChI=1S/C14H13BrN4OS/c15-10-4-3-6-12(8-10)17-14(21)19-18-13(20)9-11-5-1-2-7-16-11/h1-8H,9H2,(H,18,20)(H2,17,19,21). The van der Waals surface area contributed by atoms with Gasteiger partial charge in [-0.3, -0.25) is 20.6 Å². The maximum Gasteiger partial charge on any atom is 0.244 e. The average molecular weight is 365 g/mol. The highest BCUT2D eigenvalue weighted by Crippen LogP contribution is 2.15. The fourth-order valence-corrected chi connectivity index (χ4v) is 2.13. The molecular formula is C14H13BrN4OS. The van der Waals surface area contributed by atoms with Gasteiger partial charge in [0, 0.05) is 22.1 Å². The van der Waals surface area contributed by atoms with E-state index in [9.17, 15) is 4.79 Å². The van der Waals surface area contributed by atoms with Crippen molar-refractivity contribution < 1.29 is 4.79 Å². The average Bonchev–Trinajstić information content (AvgIpc) is 2.46. The van der Waals surface area contributed by atoms with Gasteiger partial charge in [0.15, 0.2) is 5.11 Å². The summed E-state index contributed by atoms with van der Waals surface area (Å²) in [7, 11) is 0. The van der Waals surface area contributed by atoms with Crippen LogP contribution in [0.5, 0.6) is 0 Å². The Morgan fingerprint density at radius 1 is 1.19 bits per heavy atom. The van der Waals surface area contributed by atoms with Gasteiger partial charge in [-0.2, -0.15) is 0 Å². The zero-order valence-corrected chi connectivity index (χ0v) is 13.4. The number of hydrogen-bond acceptors (Lipinski definition) is 3. The molecule has 0 unspecified atom stereocenters. The molecule has 0 saturated heterocycles. The van der Waals surface area contributed by atoms with Crippen LogP contribution >= 0.6 is 28.1 Å². The minimum absolute atomic E-state index is 0.188. The number of thiocarbonyl (C=S) groups is 1. The molecule has 1 aromatic carbocycles. The summed E-state index contributed by atoms with van der Waals surface area (Å²) in [5.74, 6) is -0.216. The molecule has 21 heavy (non-hydrogen) atoms. The third-order valence-corrected chi connectivity index (χ3v) is 3.16. The first kappa shape index (κ1) is 15.4. The maximum absolute atomic E-state index is 11.7. The molecule has 0 radical (unpaired) electrons. The lowest BCUT2D eigenvalue weighted by atomic mass is 10.3. The van der Waals surface area contributed by atoms with Crippen LogP contribution in [-0.4, -0.2) is 16.0 Å². The van der Waals surface area contributed by atoms with Gasteiger partial charge >= 0.3 is 0 Å². The van der Waals surface area contributed by atoms with Crippen LogP contribution < -0.4 is 16.2 Å². The van der Waals surface area contributed by atoms with Crippen LogP contribution in [0, 0.1) is 0 Å². The quantitative estimate of drug-likeness (QED) is 0.576. The first-order chi connectivity index (χ1) is 10.1. The predicted octanol–water partition coefficient (Wildman–Crippen LogP) is 2.40. The lowest BCUT2D eigenvalue weighted by Gasteiger charge is -2.11. The number of aromatic nitrogens is 1. The monoisotopic (exact) mass is 364 g/mol. The molecule has 7 heteroatoms. The topological polar surface area (TPSA) is 66.0 Å². The van der Waals surface area contributed by atoms with Crippen LogP contribution in [0.4, 0.5) is 5.69 Å². The van der Waals surface area contributed by atoms with Crippen LogP contribution in [0.2, 0.25) is 0 Å². The van der Waals surface area contributed by atoms with Gasteiger partial charge in [-0.1, -0.05) is 28.1 Å². The maximum atomic E-state index is 11.7. The van der Waals surface area contributed by atoms with Gasteiger partial charge in [0.1, 0.15) is 0 Å². The summed E-state index contributed by atoms with van der Waals surface area (Å²) in [5, 5.41) is 3.27. The van der Waals surface area contributed by atoms with Crippen molar-refractivity contribution in [2.45, 2.75) is 6.42 Å². The predicted molar refractivity (Wildman–Crippen MR) is 89.6 cm³/mol. The van der Waals surface area contributed by atoms with Gasteiger partial charge in [0.05, 0.1) is 6.42 Å². The fraction of sp³-hybridized carbons (Fsp3) is 0.0714. The van der Waals surface area contributed by atoms with Crippen LogP contribution in [0.3, 0.4) is 0 Å². The second-order valence-corrected chi connectivity index (χ2v) is 5.46. The minimum Gasteiger partial charge on any atom is -0.331 e. The fourth-order valence-electron chi connectivity index (χ4n) is 1.57. The van der Waals surface area contributed by atoms with Gasteiger partial charge in [-0.05, 0) is 42.5 Å². The molecule has 1 amide bonds. The van der Waals surface area contributed by atoms with E-state index in [4.69, 9.17) is 12.2 Å². The molecule has 0 bridgehead atoms. The lowest BCUT2D eigenvalue weighted by molar-refractivity contribution is -0.121. The van der Waals surface area contributed by atoms with Gasteiger partial charge in [0.2, 0.25) is 5.91 Å². The smallest absolute Gasteiger partial charge is 0.244 e. The Balaban J connectivity index is 1.77. The molecule has 2 rings (SSSR count). The third kappa shape index (κ3) is 5.49. The molecule has 0 aliphatic carbocycles. The van der Waals surface area contributed by atoms with Crippen molar-refractivity contribution in [3.05, 3.63) is 58.8 Å². The van der Waals surface area contributed by atoms with Crippen molar-refractivity contribution in [2.24, 2.45) is 0 Å². The molecule has 1 aromatic heterocycles. The molecule has 3 N–H and O–H groups in total. The summed E-state index contributed by atoms with van der Waals surface area (Å²) >= 11 is 8.47. The zero-order valence-electron chi connectivity index (χ0n) is 11.0. The molecule has 0 saturated carbocycles. The Bertz CT molecular complexity index is 636. The molecule has 5 nitrogen and oxygen atoms in total. The van der Waals surface area contributed by atoms with Crippen LogP contribution in [0.25, 0.3) is 0 Å². The number of nitrogens with one attached hydrogen (secondary N) is 3. The van der Waals surface area contributed by atoms with Crippen molar-refractivity contribution >= 4 is 44.9 Å². The number of rotatable bonds is 3. The van der Waals surface area contributed by atoms with Crippen LogP contribution in [0.15, 0.2) is 53.1 Å². The van der Waals surface area contributed by atoms with E-state index in [1.54, 1.807) is 18.3 Å². The van der Waals surface area contributed by atoms with E-state index in [1.807, 2.05) is 30.3 Å². The molecule has 1 heterocycles. The first-order valence-corrected chi connectivity index (χ1v) is 7.35. The largest absolute Gasteiger partial charge is 0.331 e. The number of benzene rings is 1. The molecule has 0 atom stereocenters.